The summed E-state index contributed by atoms with van der Waals surface area (Å²) in [6.45, 7) is 9.98. The van der Waals surface area contributed by atoms with Crippen LogP contribution in [0.4, 0.5) is 5.69 Å². The molecule has 110 valence electrons. The van der Waals surface area contributed by atoms with E-state index in [0.717, 1.165) is 37.8 Å². The van der Waals surface area contributed by atoms with E-state index in [4.69, 9.17) is 4.74 Å². The highest BCUT2D eigenvalue weighted by Crippen LogP contribution is 2.32. The van der Waals surface area contributed by atoms with E-state index in [0.29, 0.717) is 0 Å². The van der Waals surface area contributed by atoms with Crippen molar-refractivity contribution in [3.63, 3.8) is 0 Å². The van der Waals surface area contributed by atoms with E-state index in [1.54, 1.807) is 7.11 Å². The van der Waals surface area contributed by atoms with E-state index in [1.165, 1.54) is 24.1 Å². The van der Waals surface area contributed by atoms with Gasteiger partial charge in [-0.2, -0.15) is 0 Å². The lowest BCUT2D eigenvalue weighted by Crippen LogP contribution is -2.34. The molecule has 3 heteroatoms. The Kier molecular flexibility index (Phi) is 5.48. The molecule has 1 atom stereocenters. The van der Waals surface area contributed by atoms with Crippen molar-refractivity contribution in [3.8, 4) is 5.75 Å². The Labute approximate surface area is 122 Å². The summed E-state index contributed by atoms with van der Waals surface area (Å²) in [7, 11) is 1.76. The van der Waals surface area contributed by atoms with E-state index >= 15 is 0 Å². The lowest BCUT2D eigenvalue weighted by atomic mass is 9.99. The van der Waals surface area contributed by atoms with Gasteiger partial charge in [0.25, 0.3) is 0 Å². The quantitative estimate of drug-likeness (QED) is 0.637. The number of rotatable bonds is 6. The number of nitrogens with zero attached hydrogens (tertiary/aromatic N) is 1. The van der Waals surface area contributed by atoms with Gasteiger partial charge in [0, 0.05) is 26.2 Å². The van der Waals surface area contributed by atoms with Gasteiger partial charge in [-0.15, -0.1) is 6.58 Å². The van der Waals surface area contributed by atoms with Crippen molar-refractivity contribution in [1.82, 2.24) is 5.32 Å². The van der Waals surface area contributed by atoms with Gasteiger partial charge in [0.2, 0.25) is 0 Å². The van der Waals surface area contributed by atoms with Crippen LogP contribution in [0.15, 0.2) is 30.9 Å². The molecule has 0 amide bonds. The first-order chi connectivity index (χ1) is 9.74. The monoisotopic (exact) mass is 274 g/mol. The summed E-state index contributed by atoms with van der Waals surface area (Å²) in [6.07, 6.45) is 4.48. The molecule has 20 heavy (non-hydrogen) atoms. The summed E-state index contributed by atoms with van der Waals surface area (Å²) in [5, 5.41) is 3.32. The minimum absolute atomic E-state index is 0.766. The van der Waals surface area contributed by atoms with Crippen molar-refractivity contribution >= 4 is 5.69 Å². The average molecular weight is 274 g/mol. The molecule has 0 saturated carbocycles. The highest BCUT2D eigenvalue weighted by molar-refractivity contribution is 5.60. The lowest BCUT2D eigenvalue weighted by molar-refractivity contribution is 0.404. The molecular formula is C17H26N2O. The van der Waals surface area contributed by atoms with Gasteiger partial charge in [-0.25, -0.2) is 0 Å². The van der Waals surface area contributed by atoms with E-state index in [-0.39, 0.29) is 0 Å². The maximum absolute atomic E-state index is 5.59. The Hall–Kier alpha value is -1.48. The van der Waals surface area contributed by atoms with E-state index in [1.807, 2.05) is 6.08 Å². The standard InChI is InChI=1S/C17H26N2O/c1-4-9-18-12-15-7-8-16(17(11-15)20-3)19-10-5-6-14(2)13-19/h4,7-8,11,14,18H,1,5-6,9-10,12-13H2,2-3H3. The van der Waals surface area contributed by atoms with Crippen LogP contribution in [0.3, 0.4) is 0 Å². The predicted molar refractivity (Wildman–Crippen MR) is 85.5 cm³/mol. The summed E-state index contributed by atoms with van der Waals surface area (Å²) in [5.74, 6) is 1.75. The third kappa shape index (κ3) is 3.76. The van der Waals surface area contributed by atoms with Gasteiger partial charge in [-0.3, -0.25) is 0 Å². The average Bonchev–Trinajstić information content (AvgIpc) is 2.47. The summed E-state index contributed by atoms with van der Waals surface area (Å²) >= 11 is 0. The van der Waals surface area contributed by atoms with Crippen LogP contribution in [0.2, 0.25) is 0 Å². The topological polar surface area (TPSA) is 24.5 Å². The van der Waals surface area contributed by atoms with Crippen LogP contribution >= 0.6 is 0 Å². The molecule has 1 saturated heterocycles. The van der Waals surface area contributed by atoms with Crippen molar-refractivity contribution in [1.29, 1.82) is 0 Å². The fourth-order valence-electron chi connectivity index (χ4n) is 2.82. The molecule has 1 heterocycles. The first-order valence-corrected chi connectivity index (χ1v) is 7.48. The van der Waals surface area contributed by atoms with E-state index in [9.17, 15) is 0 Å². The first-order valence-electron chi connectivity index (χ1n) is 7.48. The van der Waals surface area contributed by atoms with E-state index < -0.39 is 0 Å². The number of anilines is 1. The minimum atomic E-state index is 0.766. The van der Waals surface area contributed by atoms with Crippen LogP contribution in [0.25, 0.3) is 0 Å². The number of ether oxygens (including phenoxy) is 1. The molecule has 0 radical (unpaired) electrons. The Balaban J connectivity index is 2.10. The molecule has 0 bridgehead atoms. The van der Waals surface area contributed by atoms with Gasteiger partial charge >= 0.3 is 0 Å². The van der Waals surface area contributed by atoms with Crippen molar-refractivity contribution in [2.45, 2.75) is 26.3 Å². The third-order valence-corrected chi connectivity index (χ3v) is 3.86. The lowest BCUT2D eigenvalue weighted by Gasteiger charge is -2.33. The second kappa shape index (κ2) is 7.34. The van der Waals surface area contributed by atoms with Crippen molar-refractivity contribution in [2.75, 3.05) is 31.6 Å². The number of methoxy groups -OCH3 is 1. The normalized spacial score (nSPS) is 18.9. The second-order valence-corrected chi connectivity index (χ2v) is 5.62. The smallest absolute Gasteiger partial charge is 0.142 e. The van der Waals surface area contributed by atoms with Crippen LogP contribution in [0, 0.1) is 5.92 Å². The molecule has 0 aliphatic carbocycles. The van der Waals surface area contributed by atoms with Gasteiger partial charge in [0.1, 0.15) is 5.75 Å². The Bertz CT molecular complexity index is 445. The van der Waals surface area contributed by atoms with Gasteiger partial charge in [-0.1, -0.05) is 19.1 Å². The molecule has 2 rings (SSSR count). The van der Waals surface area contributed by atoms with Gasteiger partial charge < -0.3 is 15.0 Å². The Morgan fingerprint density at radius 2 is 2.35 bits per heavy atom. The van der Waals surface area contributed by atoms with E-state index in [2.05, 4.69) is 41.9 Å². The largest absolute Gasteiger partial charge is 0.495 e. The molecular weight excluding hydrogens is 248 g/mol. The zero-order valence-corrected chi connectivity index (χ0v) is 12.7. The minimum Gasteiger partial charge on any atom is -0.495 e. The molecule has 0 spiro atoms. The molecule has 1 N–H and O–H groups in total. The summed E-state index contributed by atoms with van der Waals surface area (Å²) in [6, 6.07) is 6.53. The van der Waals surface area contributed by atoms with Gasteiger partial charge in [-0.05, 0) is 36.5 Å². The molecule has 1 fully saturated rings. The maximum Gasteiger partial charge on any atom is 0.142 e. The van der Waals surface area contributed by atoms with Gasteiger partial charge in [0.05, 0.1) is 12.8 Å². The van der Waals surface area contributed by atoms with Crippen molar-refractivity contribution < 1.29 is 4.74 Å². The zero-order valence-electron chi connectivity index (χ0n) is 12.7. The number of piperidine rings is 1. The zero-order chi connectivity index (χ0) is 14.4. The van der Waals surface area contributed by atoms with Crippen molar-refractivity contribution in [2.24, 2.45) is 5.92 Å². The fraction of sp³-hybridized carbons (Fsp3) is 0.529. The molecule has 0 aromatic heterocycles. The van der Waals surface area contributed by atoms with Gasteiger partial charge in [0.15, 0.2) is 0 Å². The number of nitrogens with one attached hydrogen (secondary N) is 1. The Morgan fingerprint density at radius 1 is 1.50 bits per heavy atom. The molecule has 3 nitrogen and oxygen atoms in total. The molecule has 1 unspecified atom stereocenters. The van der Waals surface area contributed by atoms with Crippen LogP contribution in [-0.4, -0.2) is 26.7 Å². The number of hydrogen-bond donors (Lipinski definition) is 1. The number of benzene rings is 1. The second-order valence-electron chi connectivity index (χ2n) is 5.62. The van der Waals surface area contributed by atoms with Crippen LogP contribution in [0.5, 0.6) is 5.75 Å². The predicted octanol–water partition coefficient (Wildman–Crippen LogP) is 3.21. The third-order valence-electron chi connectivity index (χ3n) is 3.86. The molecule has 1 aliphatic heterocycles. The van der Waals surface area contributed by atoms with Crippen LogP contribution in [-0.2, 0) is 6.54 Å². The summed E-state index contributed by atoms with van der Waals surface area (Å²) in [4.78, 5) is 2.45. The Morgan fingerprint density at radius 3 is 3.05 bits per heavy atom. The molecule has 1 aromatic rings. The highest BCUT2D eigenvalue weighted by Gasteiger charge is 2.19. The number of hydrogen-bond acceptors (Lipinski definition) is 3. The fourth-order valence-corrected chi connectivity index (χ4v) is 2.82. The first kappa shape index (κ1) is 14.9. The summed E-state index contributed by atoms with van der Waals surface area (Å²) in [5.41, 5.74) is 2.48. The van der Waals surface area contributed by atoms with Crippen LogP contribution in [0.1, 0.15) is 25.3 Å². The SMILES string of the molecule is C=CCNCc1ccc(N2CCCC(C)C2)c(OC)c1. The summed E-state index contributed by atoms with van der Waals surface area (Å²) < 4.78 is 5.59. The molecule has 1 aromatic carbocycles. The maximum atomic E-state index is 5.59. The highest BCUT2D eigenvalue weighted by atomic mass is 16.5. The molecule has 1 aliphatic rings. The van der Waals surface area contributed by atoms with Crippen molar-refractivity contribution in [3.05, 3.63) is 36.4 Å². The van der Waals surface area contributed by atoms with Crippen LogP contribution < -0.4 is 15.0 Å².